The molecule has 37 heavy (non-hydrogen) atoms. The zero-order valence-electron chi connectivity index (χ0n) is 22.9. The molecular weight excluding hydrogens is 482 g/mol. The fraction of sp³-hybridized carbons (Fsp3) is 0.400. The summed E-state index contributed by atoms with van der Waals surface area (Å²) in [6.45, 7) is 8.58. The van der Waals surface area contributed by atoms with Crippen LogP contribution in [-0.2, 0) is 32.1 Å². The van der Waals surface area contributed by atoms with Crippen molar-refractivity contribution in [1.29, 1.82) is 0 Å². The van der Waals surface area contributed by atoms with Crippen LogP contribution >= 0.6 is 0 Å². The maximum atomic E-state index is 12.3. The minimum atomic E-state index is -1.25. The molecule has 0 N–H and O–H groups in total. The van der Waals surface area contributed by atoms with E-state index < -0.39 is 8.07 Å². The molecule has 0 saturated heterocycles. The number of hydrogen-bond acceptors (Lipinski definition) is 6. The fourth-order valence-electron chi connectivity index (χ4n) is 3.99. The van der Waals surface area contributed by atoms with Crippen LogP contribution in [0.2, 0.25) is 25.7 Å². The van der Waals surface area contributed by atoms with E-state index in [0.29, 0.717) is 13.2 Å². The van der Waals surface area contributed by atoms with Crippen molar-refractivity contribution in [3.63, 3.8) is 0 Å². The second kappa shape index (κ2) is 12.9. The molecule has 1 heterocycles. The van der Waals surface area contributed by atoms with Gasteiger partial charge in [0.05, 0.1) is 20.1 Å². The van der Waals surface area contributed by atoms with Crippen LogP contribution in [0.1, 0.15) is 34.2 Å². The van der Waals surface area contributed by atoms with Crippen molar-refractivity contribution >= 4 is 31.7 Å². The second-order valence-corrected chi connectivity index (χ2v) is 16.4. The molecule has 3 rings (SSSR count). The van der Waals surface area contributed by atoms with Gasteiger partial charge in [-0.05, 0) is 78.7 Å². The summed E-state index contributed by atoms with van der Waals surface area (Å²) < 4.78 is 16.4. The summed E-state index contributed by atoms with van der Waals surface area (Å²) in [5.74, 6) is 0.178. The van der Waals surface area contributed by atoms with E-state index in [1.807, 2.05) is 30.3 Å². The zero-order chi connectivity index (χ0) is 27.0. The van der Waals surface area contributed by atoms with Crippen molar-refractivity contribution in [3.05, 3.63) is 76.4 Å². The Hall–Kier alpha value is -3.16. The highest BCUT2D eigenvalue weighted by Crippen LogP contribution is 2.38. The monoisotopic (exact) mass is 521 g/mol. The first-order chi connectivity index (χ1) is 17.6. The van der Waals surface area contributed by atoms with Crippen LogP contribution in [0.4, 0.5) is 0 Å². The van der Waals surface area contributed by atoms with Gasteiger partial charge in [0.1, 0.15) is 12.4 Å². The molecule has 1 aliphatic rings. The number of methoxy groups -OCH3 is 1. The first-order valence-corrected chi connectivity index (χ1v) is 16.4. The Balaban J connectivity index is 1.93. The summed E-state index contributed by atoms with van der Waals surface area (Å²) in [5.41, 5.74) is 5.91. The maximum absolute atomic E-state index is 12.3. The first kappa shape index (κ1) is 28.4. The van der Waals surface area contributed by atoms with Gasteiger partial charge >= 0.3 is 11.9 Å². The standard InChI is InChI=1S/C30H39NO5Si/c1-31(2)15-7-8-25-26-18-22(11-14-29(32)35-16-17-37(4,5)6)9-12-24(26)21-36-28-13-10-23(19-27(25)28)20-30(33)34-3/h8-14,18-19H,7,15-17,20-21H2,1-6H3/b14-11+,25-8+. The molecule has 2 aromatic rings. The number of carbonyl (C=O) groups is 2. The molecule has 0 amide bonds. The Labute approximate surface area is 221 Å². The predicted octanol–water partition coefficient (Wildman–Crippen LogP) is 5.57. The number of rotatable bonds is 10. The summed E-state index contributed by atoms with van der Waals surface area (Å²) in [6.07, 6.45) is 6.58. The number of hydrogen-bond donors (Lipinski definition) is 0. The molecule has 0 atom stereocenters. The Morgan fingerprint density at radius 3 is 2.57 bits per heavy atom. The average Bonchev–Trinajstić information content (AvgIpc) is 2.98. The van der Waals surface area contributed by atoms with E-state index in [1.54, 1.807) is 6.08 Å². The molecule has 198 valence electrons. The lowest BCUT2D eigenvalue weighted by molar-refractivity contribution is -0.140. The number of benzene rings is 2. The molecule has 6 nitrogen and oxygen atoms in total. The van der Waals surface area contributed by atoms with Crippen molar-refractivity contribution < 1.29 is 23.8 Å². The van der Waals surface area contributed by atoms with Crippen LogP contribution in [0.3, 0.4) is 0 Å². The van der Waals surface area contributed by atoms with Crippen molar-refractivity contribution in [2.75, 3.05) is 34.4 Å². The fourth-order valence-corrected chi connectivity index (χ4v) is 4.71. The van der Waals surface area contributed by atoms with E-state index in [0.717, 1.165) is 58.1 Å². The Bertz CT molecular complexity index is 1180. The van der Waals surface area contributed by atoms with Gasteiger partial charge in [0, 0.05) is 26.3 Å². The SMILES string of the molecule is COC(=O)Cc1ccc2c(c1)/C(=C/CCN(C)C)c1cc(/C=C/C(=O)OCC[Si](C)(C)C)ccc1CO2. The van der Waals surface area contributed by atoms with Crippen LogP contribution in [-0.4, -0.2) is 59.3 Å². The maximum Gasteiger partial charge on any atom is 0.330 e. The van der Waals surface area contributed by atoms with Gasteiger partial charge in [-0.3, -0.25) is 4.79 Å². The highest BCUT2D eigenvalue weighted by atomic mass is 28.3. The molecule has 7 heteroatoms. The van der Waals surface area contributed by atoms with Gasteiger partial charge in [0.25, 0.3) is 0 Å². The quantitative estimate of drug-likeness (QED) is 0.231. The first-order valence-electron chi connectivity index (χ1n) is 12.7. The van der Waals surface area contributed by atoms with E-state index >= 15 is 0 Å². The Morgan fingerprint density at radius 1 is 1.08 bits per heavy atom. The lowest BCUT2D eigenvalue weighted by Gasteiger charge is -2.14. The molecule has 0 bridgehead atoms. The number of fused-ring (bicyclic) bond motifs is 2. The summed E-state index contributed by atoms with van der Waals surface area (Å²) >= 11 is 0. The van der Waals surface area contributed by atoms with Crippen LogP contribution in [0.15, 0.2) is 48.6 Å². The summed E-state index contributed by atoms with van der Waals surface area (Å²) in [6, 6.07) is 12.9. The molecule has 1 aliphatic heterocycles. The van der Waals surface area contributed by atoms with Gasteiger partial charge < -0.3 is 19.1 Å². The van der Waals surface area contributed by atoms with Crippen molar-refractivity contribution in [1.82, 2.24) is 4.90 Å². The number of carbonyl (C=O) groups excluding carboxylic acids is 2. The molecule has 0 fully saturated rings. The Morgan fingerprint density at radius 2 is 1.86 bits per heavy atom. The van der Waals surface area contributed by atoms with Gasteiger partial charge in [0.2, 0.25) is 0 Å². The van der Waals surface area contributed by atoms with Crippen LogP contribution in [0.5, 0.6) is 5.75 Å². The Kier molecular flexibility index (Phi) is 9.89. The molecule has 0 radical (unpaired) electrons. The summed E-state index contributed by atoms with van der Waals surface area (Å²) in [5, 5.41) is 0. The molecule has 0 aromatic heterocycles. The minimum absolute atomic E-state index is 0.199. The highest BCUT2D eigenvalue weighted by Gasteiger charge is 2.21. The van der Waals surface area contributed by atoms with E-state index in [1.165, 1.54) is 13.2 Å². The van der Waals surface area contributed by atoms with Crippen LogP contribution in [0.25, 0.3) is 11.6 Å². The predicted molar refractivity (Wildman–Crippen MR) is 151 cm³/mol. The molecule has 0 saturated carbocycles. The third-order valence-corrected chi connectivity index (χ3v) is 7.85. The smallest absolute Gasteiger partial charge is 0.330 e. The van der Waals surface area contributed by atoms with Gasteiger partial charge in [-0.15, -0.1) is 0 Å². The average molecular weight is 522 g/mol. The van der Waals surface area contributed by atoms with E-state index in [-0.39, 0.29) is 18.4 Å². The topological polar surface area (TPSA) is 65.1 Å². The third kappa shape index (κ3) is 8.72. The summed E-state index contributed by atoms with van der Waals surface area (Å²) in [7, 11) is 4.25. The lowest BCUT2D eigenvalue weighted by Crippen LogP contribution is -2.22. The molecule has 0 unspecified atom stereocenters. The van der Waals surface area contributed by atoms with E-state index in [4.69, 9.17) is 14.2 Å². The highest BCUT2D eigenvalue weighted by molar-refractivity contribution is 6.76. The van der Waals surface area contributed by atoms with Gasteiger partial charge in [-0.2, -0.15) is 0 Å². The van der Waals surface area contributed by atoms with Gasteiger partial charge in [-0.1, -0.05) is 43.9 Å². The van der Waals surface area contributed by atoms with Crippen LogP contribution in [0, 0.1) is 0 Å². The number of ether oxygens (including phenoxy) is 3. The van der Waals surface area contributed by atoms with Crippen molar-refractivity contribution in [2.45, 2.75) is 45.1 Å². The van der Waals surface area contributed by atoms with E-state index in [9.17, 15) is 9.59 Å². The van der Waals surface area contributed by atoms with Crippen molar-refractivity contribution in [3.8, 4) is 5.75 Å². The van der Waals surface area contributed by atoms with Gasteiger partial charge in [0.15, 0.2) is 0 Å². The summed E-state index contributed by atoms with van der Waals surface area (Å²) in [4.78, 5) is 26.3. The molecule has 0 spiro atoms. The second-order valence-electron chi connectivity index (χ2n) is 10.8. The normalized spacial score (nSPS) is 14.2. The molecular formula is C30H39NO5Si. The number of nitrogens with zero attached hydrogens (tertiary/aromatic N) is 1. The third-order valence-electron chi connectivity index (χ3n) is 6.15. The molecule has 0 aliphatic carbocycles. The van der Waals surface area contributed by atoms with Crippen LogP contribution < -0.4 is 4.74 Å². The molecule has 2 aromatic carbocycles. The van der Waals surface area contributed by atoms with E-state index in [2.05, 4.69) is 50.8 Å². The lowest BCUT2D eigenvalue weighted by atomic mass is 9.90. The minimum Gasteiger partial charge on any atom is -0.488 e. The zero-order valence-corrected chi connectivity index (χ0v) is 23.9. The van der Waals surface area contributed by atoms with Crippen molar-refractivity contribution in [2.24, 2.45) is 0 Å². The van der Waals surface area contributed by atoms with Gasteiger partial charge in [-0.25, -0.2) is 4.79 Å². The number of esters is 2. The largest absolute Gasteiger partial charge is 0.488 e.